The molecule has 4 heteroatoms. The lowest BCUT2D eigenvalue weighted by molar-refractivity contribution is 0.0913. The van der Waals surface area contributed by atoms with Crippen LogP contribution < -0.4 is 5.32 Å². The van der Waals surface area contributed by atoms with Crippen molar-refractivity contribution in [1.82, 2.24) is 5.32 Å². The van der Waals surface area contributed by atoms with E-state index in [1.807, 2.05) is 6.92 Å². The molecule has 0 aliphatic carbocycles. The third-order valence-electron chi connectivity index (χ3n) is 2.52. The van der Waals surface area contributed by atoms with Crippen molar-refractivity contribution in [3.8, 4) is 5.75 Å². The van der Waals surface area contributed by atoms with E-state index in [-0.39, 0.29) is 18.2 Å². The highest BCUT2D eigenvalue weighted by atomic mass is 16.3. The van der Waals surface area contributed by atoms with Gasteiger partial charge in [0, 0.05) is 17.7 Å². The number of hydrogen-bond donors (Lipinski definition) is 3. The summed E-state index contributed by atoms with van der Waals surface area (Å²) in [6, 6.07) is 4.79. The van der Waals surface area contributed by atoms with Gasteiger partial charge in [0.1, 0.15) is 5.75 Å². The quantitative estimate of drug-likeness (QED) is 0.718. The number of aliphatic hydroxyl groups excluding tert-OH is 1. The molecule has 1 atom stereocenters. The summed E-state index contributed by atoms with van der Waals surface area (Å²) in [5, 5.41) is 21.4. The first-order chi connectivity index (χ1) is 7.56. The summed E-state index contributed by atoms with van der Waals surface area (Å²) in [6.45, 7) is 3.75. The van der Waals surface area contributed by atoms with E-state index in [1.54, 1.807) is 19.1 Å². The number of aromatic hydroxyl groups is 1. The van der Waals surface area contributed by atoms with E-state index in [2.05, 4.69) is 5.32 Å². The van der Waals surface area contributed by atoms with Crippen LogP contribution in [0.1, 0.15) is 29.3 Å². The van der Waals surface area contributed by atoms with E-state index in [0.29, 0.717) is 17.5 Å². The van der Waals surface area contributed by atoms with E-state index < -0.39 is 6.10 Å². The number of amides is 1. The molecule has 0 bridgehead atoms. The molecule has 1 aromatic carbocycles. The van der Waals surface area contributed by atoms with Crippen LogP contribution in [0.5, 0.6) is 5.75 Å². The second-order valence-electron chi connectivity index (χ2n) is 3.72. The molecule has 88 valence electrons. The van der Waals surface area contributed by atoms with Gasteiger partial charge in [-0.05, 0) is 25.5 Å². The summed E-state index contributed by atoms with van der Waals surface area (Å²) in [4.78, 5) is 11.7. The summed E-state index contributed by atoms with van der Waals surface area (Å²) in [5.74, 6) is -0.176. The molecule has 0 aliphatic rings. The highest BCUT2D eigenvalue weighted by molar-refractivity contribution is 5.96. The first-order valence-corrected chi connectivity index (χ1v) is 5.31. The van der Waals surface area contributed by atoms with Gasteiger partial charge < -0.3 is 15.5 Å². The minimum Gasteiger partial charge on any atom is -0.508 e. The van der Waals surface area contributed by atoms with Gasteiger partial charge >= 0.3 is 0 Å². The first kappa shape index (κ1) is 12.5. The lowest BCUT2D eigenvalue weighted by Gasteiger charge is -2.11. The van der Waals surface area contributed by atoms with Crippen molar-refractivity contribution in [3.63, 3.8) is 0 Å². The predicted octanol–water partition coefficient (Wildman–Crippen LogP) is 1.20. The van der Waals surface area contributed by atoms with Crippen molar-refractivity contribution in [2.45, 2.75) is 26.4 Å². The van der Waals surface area contributed by atoms with E-state index in [0.717, 1.165) is 0 Å². The van der Waals surface area contributed by atoms with Gasteiger partial charge in [-0.1, -0.05) is 13.0 Å². The Morgan fingerprint density at radius 2 is 2.19 bits per heavy atom. The number of aliphatic hydroxyl groups is 1. The van der Waals surface area contributed by atoms with Crippen LogP contribution in [0.25, 0.3) is 0 Å². The Morgan fingerprint density at radius 3 is 2.81 bits per heavy atom. The smallest absolute Gasteiger partial charge is 0.251 e. The Labute approximate surface area is 94.9 Å². The van der Waals surface area contributed by atoms with E-state index in [1.165, 1.54) is 6.07 Å². The molecule has 0 aliphatic heterocycles. The maximum Gasteiger partial charge on any atom is 0.251 e. The molecule has 0 radical (unpaired) electrons. The monoisotopic (exact) mass is 223 g/mol. The molecule has 0 saturated heterocycles. The van der Waals surface area contributed by atoms with Gasteiger partial charge in [-0.3, -0.25) is 4.79 Å². The number of benzene rings is 1. The van der Waals surface area contributed by atoms with Crippen LogP contribution >= 0.6 is 0 Å². The number of phenolic OH excluding ortho intramolecular Hbond substituents is 1. The molecule has 1 aromatic rings. The standard InChI is InChI=1S/C12H17NO3/c1-3-9(14)7-13-12(16)10-5-4-6-11(15)8(10)2/h4-6,9,14-15H,3,7H2,1-2H3,(H,13,16). The van der Waals surface area contributed by atoms with Gasteiger partial charge in [0.2, 0.25) is 0 Å². The third-order valence-corrected chi connectivity index (χ3v) is 2.52. The molecule has 0 saturated carbocycles. The molecule has 0 fully saturated rings. The highest BCUT2D eigenvalue weighted by Crippen LogP contribution is 2.19. The van der Waals surface area contributed by atoms with Crippen LogP contribution in [0.3, 0.4) is 0 Å². The van der Waals surface area contributed by atoms with Gasteiger partial charge in [-0.2, -0.15) is 0 Å². The molecule has 1 unspecified atom stereocenters. The van der Waals surface area contributed by atoms with Gasteiger partial charge in [0.15, 0.2) is 0 Å². The Kier molecular flexibility index (Phi) is 4.31. The fraction of sp³-hybridized carbons (Fsp3) is 0.417. The fourth-order valence-corrected chi connectivity index (χ4v) is 1.32. The second kappa shape index (κ2) is 5.51. The van der Waals surface area contributed by atoms with Crippen molar-refractivity contribution in [1.29, 1.82) is 0 Å². The van der Waals surface area contributed by atoms with Crippen molar-refractivity contribution in [3.05, 3.63) is 29.3 Å². The molecule has 16 heavy (non-hydrogen) atoms. The normalized spacial score (nSPS) is 12.2. The van der Waals surface area contributed by atoms with Crippen LogP contribution in [0, 0.1) is 6.92 Å². The van der Waals surface area contributed by atoms with Gasteiger partial charge in [0.25, 0.3) is 5.91 Å². The summed E-state index contributed by atoms with van der Waals surface area (Å²) in [5.41, 5.74) is 0.981. The Hall–Kier alpha value is -1.55. The summed E-state index contributed by atoms with van der Waals surface area (Å²) < 4.78 is 0. The highest BCUT2D eigenvalue weighted by Gasteiger charge is 2.11. The Morgan fingerprint density at radius 1 is 1.50 bits per heavy atom. The lowest BCUT2D eigenvalue weighted by Crippen LogP contribution is -2.32. The molecule has 0 heterocycles. The minimum absolute atomic E-state index is 0.101. The summed E-state index contributed by atoms with van der Waals surface area (Å²) >= 11 is 0. The van der Waals surface area contributed by atoms with Crippen molar-refractivity contribution >= 4 is 5.91 Å². The van der Waals surface area contributed by atoms with E-state index in [4.69, 9.17) is 0 Å². The molecule has 0 spiro atoms. The number of phenols is 1. The molecular formula is C12H17NO3. The zero-order valence-electron chi connectivity index (χ0n) is 9.53. The Balaban J connectivity index is 2.70. The number of nitrogens with one attached hydrogen (secondary N) is 1. The molecule has 1 amide bonds. The topological polar surface area (TPSA) is 69.6 Å². The second-order valence-corrected chi connectivity index (χ2v) is 3.72. The number of rotatable bonds is 4. The average Bonchev–Trinajstić information content (AvgIpc) is 2.29. The third kappa shape index (κ3) is 2.97. The number of carbonyl (C=O) groups is 1. The lowest BCUT2D eigenvalue weighted by atomic mass is 10.1. The Bertz CT molecular complexity index is 377. The minimum atomic E-state index is -0.526. The van der Waals surface area contributed by atoms with Crippen LogP contribution in [0.2, 0.25) is 0 Å². The first-order valence-electron chi connectivity index (χ1n) is 5.31. The zero-order valence-corrected chi connectivity index (χ0v) is 9.53. The number of carbonyl (C=O) groups excluding carboxylic acids is 1. The molecule has 0 aromatic heterocycles. The van der Waals surface area contributed by atoms with Gasteiger partial charge in [-0.15, -0.1) is 0 Å². The SMILES string of the molecule is CCC(O)CNC(=O)c1cccc(O)c1C. The summed E-state index contributed by atoms with van der Waals surface area (Å²) in [6.07, 6.45) is 0.0702. The molecule has 4 nitrogen and oxygen atoms in total. The van der Waals surface area contributed by atoms with Crippen LogP contribution in [-0.2, 0) is 0 Å². The van der Waals surface area contributed by atoms with Crippen LogP contribution in [0.4, 0.5) is 0 Å². The zero-order chi connectivity index (χ0) is 12.1. The molecular weight excluding hydrogens is 206 g/mol. The van der Waals surface area contributed by atoms with E-state index in [9.17, 15) is 15.0 Å². The fourth-order valence-electron chi connectivity index (χ4n) is 1.32. The molecule has 3 N–H and O–H groups in total. The average molecular weight is 223 g/mol. The van der Waals surface area contributed by atoms with Gasteiger partial charge in [0.05, 0.1) is 6.10 Å². The van der Waals surface area contributed by atoms with Crippen molar-refractivity contribution < 1.29 is 15.0 Å². The summed E-state index contributed by atoms with van der Waals surface area (Å²) in [7, 11) is 0. The van der Waals surface area contributed by atoms with Gasteiger partial charge in [-0.25, -0.2) is 0 Å². The van der Waals surface area contributed by atoms with Crippen LogP contribution in [0.15, 0.2) is 18.2 Å². The maximum atomic E-state index is 11.7. The van der Waals surface area contributed by atoms with Crippen molar-refractivity contribution in [2.75, 3.05) is 6.54 Å². The predicted molar refractivity (Wildman–Crippen MR) is 61.5 cm³/mol. The van der Waals surface area contributed by atoms with Crippen molar-refractivity contribution in [2.24, 2.45) is 0 Å². The maximum absolute atomic E-state index is 11.7. The number of hydrogen-bond acceptors (Lipinski definition) is 3. The largest absolute Gasteiger partial charge is 0.508 e. The molecule has 1 rings (SSSR count). The van der Waals surface area contributed by atoms with Crippen LogP contribution in [-0.4, -0.2) is 28.8 Å². The van der Waals surface area contributed by atoms with E-state index >= 15 is 0 Å².